The van der Waals surface area contributed by atoms with Gasteiger partial charge in [-0.05, 0) is 19.6 Å². The van der Waals surface area contributed by atoms with E-state index in [1.807, 2.05) is 13.2 Å². The van der Waals surface area contributed by atoms with Crippen LogP contribution >= 0.6 is 11.8 Å². The largest absolute Gasteiger partial charge is 0.474 e. The van der Waals surface area contributed by atoms with Crippen molar-refractivity contribution in [2.45, 2.75) is 30.7 Å². The van der Waals surface area contributed by atoms with Crippen molar-refractivity contribution in [2.24, 2.45) is 0 Å². The van der Waals surface area contributed by atoms with Crippen molar-refractivity contribution in [3.8, 4) is 0 Å². The molecule has 0 aliphatic heterocycles. The van der Waals surface area contributed by atoms with Crippen LogP contribution in [0, 0.1) is 0 Å². The van der Waals surface area contributed by atoms with Gasteiger partial charge in [-0.1, -0.05) is 0 Å². The van der Waals surface area contributed by atoms with Crippen molar-refractivity contribution in [1.82, 2.24) is 5.32 Å². The van der Waals surface area contributed by atoms with E-state index in [9.17, 15) is 9.59 Å². The van der Waals surface area contributed by atoms with Gasteiger partial charge in [0.25, 0.3) is 0 Å². The number of thioether (sulfide) groups is 1. The Morgan fingerprint density at radius 2 is 2.27 bits per heavy atom. The Hall–Kier alpha value is -0.750. The summed E-state index contributed by atoms with van der Waals surface area (Å²) in [5.74, 6) is -2.37. The van der Waals surface area contributed by atoms with Crippen LogP contribution in [0.25, 0.3) is 0 Å². The van der Waals surface area contributed by atoms with Crippen LogP contribution in [-0.2, 0) is 14.3 Å². The number of aliphatic carboxylic acids is 1. The van der Waals surface area contributed by atoms with Crippen molar-refractivity contribution in [2.75, 3.05) is 12.9 Å². The summed E-state index contributed by atoms with van der Waals surface area (Å²) in [5.41, 5.74) is 0. The summed E-state index contributed by atoms with van der Waals surface area (Å²) >= 11 is 1.59. The lowest BCUT2D eigenvalue weighted by Crippen LogP contribution is -2.59. The number of carboxylic acids is 1. The first-order valence-corrected chi connectivity index (χ1v) is 6.07. The van der Waals surface area contributed by atoms with Gasteiger partial charge in [-0.15, -0.1) is 0 Å². The molecule has 1 fully saturated rings. The second-order valence-electron chi connectivity index (χ2n) is 3.31. The fraction of sp³-hybridized carbons (Fsp3) is 0.778. The molecule has 0 unspecified atom stereocenters. The van der Waals surface area contributed by atoms with Gasteiger partial charge < -0.3 is 15.2 Å². The number of rotatable bonds is 4. The molecule has 0 saturated heterocycles. The normalized spacial score (nSPS) is 29.3. The zero-order valence-corrected chi connectivity index (χ0v) is 9.54. The molecule has 0 bridgehead atoms. The first-order valence-electron chi connectivity index (χ1n) is 4.78. The molecule has 3 atom stereocenters. The van der Waals surface area contributed by atoms with Crippen molar-refractivity contribution in [1.29, 1.82) is 0 Å². The molecule has 1 saturated carbocycles. The molecule has 0 spiro atoms. The van der Waals surface area contributed by atoms with Gasteiger partial charge in [-0.25, -0.2) is 4.79 Å². The first-order chi connectivity index (χ1) is 7.10. The molecule has 0 aromatic carbocycles. The molecule has 0 aromatic heterocycles. The fourth-order valence-electron chi connectivity index (χ4n) is 1.65. The predicted octanol–water partition coefficient (Wildman–Crippen LogP) is 0.0962. The van der Waals surface area contributed by atoms with Gasteiger partial charge >= 0.3 is 11.9 Å². The number of amides is 1. The molecular weight excluding hydrogens is 218 g/mol. The van der Waals surface area contributed by atoms with Crippen LogP contribution in [0.15, 0.2) is 0 Å². The van der Waals surface area contributed by atoms with E-state index in [2.05, 4.69) is 5.32 Å². The molecule has 0 aromatic rings. The Morgan fingerprint density at radius 3 is 2.73 bits per heavy atom. The summed E-state index contributed by atoms with van der Waals surface area (Å²) in [6.07, 6.45) is 2.75. The molecule has 0 radical (unpaired) electrons. The number of carbonyl (C=O) groups is 2. The van der Waals surface area contributed by atoms with Gasteiger partial charge in [0.2, 0.25) is 0 Å². The van der Waals surface area contributed by atoms with Crippen LogP contribution in [0.2, 0.25) is 0 Å². The molecule has 6 heteroatoms. The summed E-state index contributed by atoms with van der Waals surface area (Å²) in [5, 5.41) is 11.1. The van der Waals surface area contributed by atoms with Gasteiger partial charge in [0, 0.05) is 12.6 Å². The minimum absolute atomic E-state index is 0.0832. The van der Waals surface area contributed by atoms with Crippen molar-refractivity contribution in [3.05, 3.63) is 0 Å². The predicted molar refractivity (Wildman–Crippen MR) is 56.9 cm³/mol. The average molecular weight is 233 g/mol. The van der Waals surface area contributed by atoms with Crippen LogP contribution in [0.5, 0.6) is 0 Å². The van der Waals surface area contributed by atoms with Gasteiger partial charge in [0.05, 0.1) is 11.4 Å². The highest BCUT2D eigenvalue weighted by Crippen LogP contribution is 2.33. The fourth-order valence-corrected chi connectivity index (χ4v) is 2.65. The monoisotopic (exact) mass is 233 g/mol. The standard InChI is InChI=1S/C9H15NO4S/c1-3-14-6-4-5(7(6)15-2)10-8(11)9(12)13/h5-7H,3-4H2,1-2H3,(H,10,11)(H,12,13)/t5-,6-,7+/m1/s1. The SMILES string of the molecule is CCO[C@@H]1C[C@@H](NC(=O)C(=O)O)[C@@H]1SC. The number of hydrogen-bond donors (Lipinski definition) is 2. The average Bonchev–Trinajstić information content (AvgIpc) is 2.16. The van der Waals surface area contributed by atoms with E-state index < -0.39 is 11.9 Å². The molecule has 1 rings (SSSR count). The number of carbonyl (C=O) groups excluding carboxylic acids is 1. The van der Waals surface area contributed by atoms with Gasteiger partial charge in [0.1, 0.15) is 0 Å². The van der Waals surface area contributed by atoms with E-state index in [1.165, 1.54) is 0 Å². The summed E-state index contributed by atoms with van der Waals surface area (Å²) < 4.78 is 5.43. The number of nitrogens with one attached hydrogen (secondary N) is 1. The Kier molecular flexibility index (Phi) is 4.41. The highest BCUT2D eigenvalue weighted by Gasteiger charge is 2.42. The number of hydrogen-bond acceptors (Lipinski definition) is 4. The van der Waals surface area contributed by atoms with Crippen LogP contribution < -0.4 is 5.32 Å². The van der Waals surface area contributed by atoms with Crippen LogP contribution in [0.1, 0.15) is 13.3 Å². The van der Waals surface area contributed by atoms with Crippen molar-refractivity contribution < 1.29 is 19.4 Å². The van der Waals surface area contributed by atoms with Gasteiger partial charge in [-0.3, -0.25) is 4.79 Å². The molecule has 1 aliphatic carbocycles. The second-order valence-corrected chi connectivity index (χ2v) is 4.33. The third-order valence-corrected chi connectivity index (χ3v) is 3.59. The van der Waals surface area contributed by atoms with Crippen LogP contribution in [-0.4, -0.2) is 47.2 Å². The topological polar surface area (TPSA) is 75.6 Å². The summed E-state index contributed by atoms with van der Waals surface area (Å²) in [6.45, 7) is 2.56. The van der Waals surface area contributed by atoms with Gasteiger partial charge in [0.15, 0.2) is 0 Å². The third-order valence-electron chi connectivity index (χ3n) is 2.41. The van der Waals surface area contributed by atoms with Gasteiger partial charge in [-0.2, -0.15) is 11.8 Å². The molecule has 5 nitrogen and oxygen atoms in total. The number of ether oxygens (including phenoxy) is 1. The van der Waals surface area contributed by atoms with Crippen molar-refractivity contribution in [3.63, 3.8) is 0 Å². The minimum Gasteiger partial charge on any atom is -0.474 e. The molecule has 2 N–H and O–H groups in total. The molecular formula is C9H15NO4S. The maximum Gasteiger partial charge on any atom is 0.394 e. The first kappa shape index (κ1) is 12.3. The molecule has 15 heavy (non-hydrogen) atoms. The van der Waals surface area contributed by atoms with E-state index in [1.54, 1.807) is 11.8 Å². The summed E-state index contributed by atoms with van der Waals surface area (Å²) in [7, 11) is 0. The van der Waals surface area contributed by atoms with E-state index in [0.29, 0.717) is 13.0 Å². The van der Waals surface area contributed by atoms with Crippen LogP contribution in [0.4, 0.5) is 0 Å². The molecule has 86 valence electrons. The number of carboxylic acid groups (broad SMARTS) is 1. The minimum atomic E-state index is -1.44. The lowest BCUT2D eigenvalue weighted by molar-refractivity contribution is -0.151. The molecule has 1 aliphatic rings. The van der Waals surface area contributed by atoms with E-state index in [-0.39, 0.29) is 17.4 Å². The molecule has 0 heterocycles. The van der Waals surface area contributed by atoms with E-state index >= 15 is 0 Å². The van der Waals surface area contributed by atoms with E-state index in [4.69, 9.17) is 9.84 Å². The van der Waals surface area contributed by atoms with E-state index in [0.717, 1.165) is 0 Å². The Morgan fingerprint density at radius 1 is 1.60 bits per heavy atom. The second kappa shape index (κ2) is 5.37. The Bertz CT molecular complexity index is 258. The quantitative estimate of drug-likeness (QED) is 0.673. The smallest absolute Gasteiger partial charge is 0.394 e. The Balaban J connectivity index is 2.40. The lowest BCUT2D eigenvalue weighted by atomic mass is 9.88. The highest BCUT2D eigenvalue weighted by atomic mass is 32.2. The lowest BCUT2D eigenvalue weighted by Gasteiger charge is -2.43. The maximum atomic E-state index is 10.9. The summed E-state index contributed by atoms with van der Waals surface area (Å²) in [4.78, 5) is 21.2. The zero-order valence-electron chi connectivity index (χ0n) is 8.73. The zero-order chi connectivity index (χ0) is 11.4. The maximum absolute atomic E-state index is 10.9. The Labute approximate surface area is 92.6 Å². The summed E-state index contributed by atoms with van der Waals surface area (Å²) in [6, 6.07) is -0.0832. The third kappa shape index (κ3) is 2.85. The highest BCUT2D eigenvalue weighted by molar-refractivity contribution is 7.99. The van der Waals surface area contributed by atoms with Crippen LogP contribution in [0.3, 0.4) is 0 Å². The van der Waals surface area contributed by atoms with Crippen molar-refractivity contribution >= 4 is 23.6 Å². The molecule has 1 amide bonds.